The molecule has 0 saturated heterocycles. The molecule has 0 aliphatic carbocycles. The zero-order valence-corrected chi connectivity index (χ0v) is 14.0. The van der Waals surface area contributed by atoms with E-state index in [2.05, 4.69) is 4.98 Å². The van der Waals surface area contributed by atoms with E-state index in [1.165, 1.54) is 11.9 Å². The van der Waals surface area contributed by atoms with Gasteiger partial charge in [-0.1, -0.05) is 26.8 Å². The van der Waals surface area contributed by atoms with Crippen LogP contribution >= 0.6 is 0 Å². The number of rotatable bonds is 5. The number of carbonyl (C=O) groups excluding carboxylic acids is 1. The Morgan fingerprint density at radius 2 is 1.90 bits per heavy atom. The highest BCUT2D eigenvalue weighted by molar-refractivity contribution is 7.88. The predicted octanol–water partition coefficient (Wildman–Crippen LogP) is 1.35. The second kappa shape index (κ2) is 6.53. The molecule has 0 aliphatic rings. The van der Waals surface area contributed by atoms with Gasteiger partial charge in [-0.25, -0.2) is 13.4 Å². The summed E-state index contributed by atoms with van der Waals surface area (Å²) in [5, 5.41) is 0. The summed E-state index contributed by atoms with van der Waals surface area (Å²) < 4.78 is 23.9. The van der Waals surface area contributed by atoms with E-state index in [-0.39, 0.29) is 17.9 Å². The maximum atomic E-state index is 12.5. The van der Waals surface area contributed by atoms with Gasteiger partial charge in [0.15, 0.2) is 0 Å². The average Bonchev–Trinajstić information content (AvgIpc) is 2.34. The summed E-state index contributed by atoms with van der Waals surface area (Å²) in [6, 6.07) is 5.31. The van der Waals surface area contributed by atoms with E-state index >= 15 is 0 Å². The molecular formula is C14H23N3O3S. The van der Waals surface area contributed by atoms with Gasteiger partial charge in [0, 0.05) is 19.8 Å². The van der Waals surface area contributed by atoms with Gasteiger partial charge in [-0.05, 0) is 17.5 Å². The first kappa shape index (κ1) is 17.6. The Balaban J connectivity index is 3.00. The molecule has 1 rings (SSSR count). The Morgan fingerprint density at radius 3 is 2.33 bits per heavy atom. The van der Waals surface area contributed by atoms with Crippen LogP contribution in [0.15, 0.2) is 24.4 Å². The van der Waals surface area contributed by atoms with Crippen LogP contribution in [-0.2, 0) is 14.8 Å². The van der Waals surface area contributed by atoms with Crippen molar-refractivity contribution < 1.29 is 13.2 Å². The lowest BCUT2D eigenvalue weighted by Crippen LogP contribution is -2.44. The maximum Gasteiger partial charge on any atom is 0.243 e. The largest absolute Gasteiger partial charge is 0.295 e. The van der Waals surface area contributed by atoms with E-state index in [4.69, 9.17) is 0 Å². The molecule has 118 valence electrons. The number of hydrogen-bond acceptors (Lipinski definition) is 4. The van der Waals surface area contributed by atoms with E-state index in [1.54, 1.807) is 24.4 Å². The molecule has 6 nitrogen and oxygen atoms in total. The van der Waals surface area contributed by atoms with Crippen molar-refractivity contribution in [1.82, 2.24) is 9.29 Å². The number of nitrogens with zero attached hydrogens (tertiary/aromatic N) is 3. The van der Waals surface area contributed by atoms with Crippen molar-refractivity contribution in [3.05, 3.63) is 24.4 Å². The molecule has 0 fully saturated rings. The quantitative estimate of drug-likeness (QED) is 0.823. The van der Waals surface area contributed by atoms with Crippen molar-refractivity contribution in [2.75, 3.05) is 31.3 Å². The molecule has 0 unspecified atom stereocenters. The number of hydrogen-bond donors (Lipinski definition) is 0. The highest BCUT2D eigenvalue weighted by Gasteiger charge is 2.26. The minimum atomic E-state index is -3.39. The molecule has 0 radical (unpaired) electrons. The van der Waals surface area contributed by atoms with E-state index in [1.807, 2.05) is 20.8 Å². The first-order chi connectivity index (χ1) is 9.50. The fourth-order valence-corrected chi connectivity index (χ4v) is 2.02. The van der Waals surface area contributed by atoms with Crippen molar-refractivity contribution >= 4 is 21.7 Å². The van der Waals surface area contributed by atoms with Gasteiger partial charge in [-0.15, -0.1) is 0 Å². The van der Waals surface area contributed by atoms with Gasteiger partial charge in [0.1, 0.15) is 5.82 Å². The normalized spacial score (nSPS) is 12.5. The Bertz CT molecular complexity index is 579. The molecule has 1 heterocycles. The fourth-order valence-electron chi connectivity index (χ4n) is 1.68. The minimum Gasteiger partial charge on any atom is -0.295 e. The summed E-state index contributed by atoms with van der Waals surface area (Å²) in [4.78, 5) is 18.2. The van der Waals surface area contributed by atoms with Gasteiger partial charge in [-0.2, -0.15) is 4.31 Å². The number of sulfonamides is 1. The number of aromatic nitrogens is 1. The molecule has 7 heteroatoms. The minimum absolute atomic E-state index is 0.128. The zero-order valence-electron chi connectivity index (χ0n) is 13.2. The molecule has 0 bridgehead atoms. The smallest absolute Gasteiger partial charge is 0.243 e. The first-order valence-corrected chi connectivity index (χ1v) is 8.48. The summed E-state index contributed by atoms with van der Waals surface area (Å²) in [6.07, 6.45) is 2.69. The van der Waals surface area contributed by atoms with Crippen molar-refractivity contribution in [2.24, 2.45) is 5.41 Å². The topological polar surface area (TPSA) is 70.6 Å². The van der Waals surface area contributed by atoms with E-state index in [9.17, 15) is 13.2 Å². The van der Waals surface area contributed by atoms with Gasteiger partial charge in [-0.3, -0.25) is 9.69 Å². The van der Waals surface area contributed by atoms with Crippen molar-refractivity contribution in [3.8, 4) is 0 Å². The van der Waals surface area contributed by atoms with Crippen LogP contribution in [0.25, 0.3) is 0 Å². The lowest BCUT2D eigenvalue weighted by atomic mass is 9.96. The number of anilines is 1. The fraction of sp³-hybridized carbons (Fsp3) is 0.571. The number of amides is 1. The molecule has 0 saturated carbocycles. The SMILES string of the molecule is CN(CC(=O)N(CC(C)(C)C)c1ccccn1)S(C)(=O)=O. The summed E-state index contributed by atoms with van der Waals surface area (Å²) in [7, 11) is -2.00. The molecule has 1 amide bonds. The lowest BCUT2D eigenvalue weighted by molar-refractivity contribution is -0.119. The molecule has 0 aliphatic heterocycles. The molecule has 21 heavy (non-hydrogen) atoms. The van der Waals surface area contributed by atoms with Gasteiger partial charge in [0.2, 0.25) is 15.9 Å². The first-order valence-electron chi connectivity index (χ1n) is 6.63. The van der Waals surface area contributed by atoms with Gasteiger partial charge in [0.05, 0.1) is 12.8 Å². The highest BCUT2D eigenvalue weighted by atomic mass is 32.2. The van der Waals surface area contributed by atoms with Crippen LogP contribution in [0.1, 0.15) is 20.8 Å². The molecule has 0 N–H and O–H groups in total. The molecular weight excluding hydrogens is 290 g/mol. The molecule has 1 aromatic rings. The zero-order chi connectivity index (χ0) is 16.3. The average molecular weight is 313 g/mol. The van der Waals surface area contributed by atoms with Gasteiger partial charge >= 0.3 is 0 Å². The van der Waals surface area contributed by atoms with Crippen LogP contribution in [0.3, 0.4) is 0 Å². The molecule has 0 atom stereocenters. The van der Waals surface area contributed by atoms with Crippen LogP contribution in [0, 0.1) is 5.41 Å². The Labute approximate surface area is 126 Å². The number of carbonyl (C=O) groups is 1. The van der Waals surface area contributed by atoms with Crippen LogP contribution in [-0.4, -0.2) is 50.0 Å². The Morgan fingerprint density at radius 1 is 1.29 bits per heavy atom. The van der Waals surface area contributed by atoms with E-state index < -0.39 is 10.0 Å². The van der Waals surface area contributed by atoms with Crippen molar-refractivity contribution in [3.63, 3.8) is 0 Å². The number of pyridine rings is 1. The lowest BCUT2D eigenvalue weighted by Gasteiger charge is -2.30. The van der Waals surface area contributed by atoms with Crippen molar-refractivity contribution in [1.29, 1.82) is 0 Å². The summed E-state index contributed by atoms with van der Waals surface area (Å²) in [5.41, 5.74) is -0.128. The Kier molecular flexibility index (Phi) is 5.47. The van der Waals surface area contributed by atoms with Gasteiger partial charge < -0.3 is 0 Å². The highest BCUT2D eigenvalue weighted by Crippen LogP contribution is 2.20. The third-order valence-corrected chi connectivity index (χ3v) is 4.04. The summed E-state index contributed by atoms with van der Waals surface area (Å²) in [5.74, 6) is 0.232. The monoisotopic (exact) mass is 313 g/mol. The molecule has 1 aromatic heterocycles. The second-order valence-electron chi connectivity index (χ2n) is 6.25. The van der Waals surface area contributed by atoms with Crippen LogP contribution in [0.2, 0.25) is 0 Å². The van der Waals surface area contributed by atoms with E-state index in [0.717, 1.165) is 10.6 Å². The van der Waals surface area contributed by atoms with Gasteiger partial charge in [0.25, 0.3) is 0 Å². The van der Waals surface area contributed by atoms with E-state index in [0.29, 0.717) is 12.4 Å². The molecule has 0 aromatic carbocycles. The second-order valence-corrected chi connectivity index (χ2v) is 8.34. The number of likely N-dealkylation sites (N-methyl/N-ethyl adjacent to an activating group) is 1. The van der Waals surface area contributed by atoms with Crippen molar-refractivity contribution in [2.45, 2.75) is 20.8 Å². The maximum absolute atomic E-state index is 12.5. The third kappa shape index (κ3) is 5.81. The predicted molar refractivity (Wildman–Crippen MR) is 83.5 cm³/mol. The van der Waals surface area contributed by atoms with Crippen LogP contribution in [0.4, 0.5) is 5.82 Å². The Hall–Kier alpha value is -1.47. The molecule has 0 spiro atoms. The van der Waals surface area contributed by atoms with Crippen LogP contribution < -0.4 is 4.90 Å². The summed E-state index contributed by atoms with van der Waals surface area (Å²) in [6.45, 7) is 6.29. The standard InChI is InChI=1S/C14H23N3O3S/c1-14(2,3)11-17(12-8-6-7-9-15-12)13(18)10-16(4)21(5,19)20/h6-9H,10-11H2,1-5H3. The van der Waals surface area contributed by atoms with Crippen LogP contribution in [0.5, 0.6) is 0 Å². The summed E-state index contributed by atoms with van der Waals surface area (Å²) >= 11 is 0. The third-order valence-electron chi connectivity index (χ3n) is 2.78.